The minimum Gasteiger partial charge on any atom is -0.0880 e. The van der Waals surface area contributed by atoms with Gasteiger partial charge < -0.3 is 0 Å². The highest BCUT2D eigenvalue weighted by molar-refractivity contribution is 7.79. The van der Waals surface area contributed by atoms with Crippen LogP contribution in [0.1, 0.15) is 11.1 Å². The van der Waals surface area contributed by atoms with Crippen LogP contribution in [0.3, 0.4) is 0 Å². The Kier molecular flexibility index (Phi) is 2.88. The molecule has 0 aliphatic rings. The summed E-state index contributed by atoms with van der Waals surface area (Å²) in [6, 6.07) is 3.68. The SMILES string of the molecule is Cc1cc(Cl)c(C=S)c(Cl)c1. The highest BCUT2D eigenvalue weighted by Gasteiger charge is 2.02. The maximum atomic E-state index is 5.85. The van der Waals surface area contributed by atoms with Crippen molar-refractivity contribution in [2.24, 2.45) is 0 Å². The third kappa shape index (κ3) is 1.92. The van der Waals surface area contributed by atoms with Gasteiger partial charge in [-0.25, -0.2) is 0 Å². The van der Waals surface area contributed by atoms with E-state index >= 15 is 0 Å². The van der Waals surface area contributed by atoms with Gasteiger partial charge in [0, 0.05) is 10.9 Å². The Balaban J connectivity index is 3.36. The van der Waals surface area contributed by atoms with E-state index < -0.39 is 0 Å². The Morgan fingerprint density at radius 1 is 1.27 bits per heavy atom. The topological polar surface area (TPSA) is 0 Å². The van der Waals surface area contributed by atoms with Crippen LogP contribution in [-0.2, 0) is 0 Å². The second-order valence-electron chi connectivity index (χ2n) is 2.26. The van der Waals surface area contributed by atoms with Crippen LogP contribution >= 0.6 is 35.4 Å². The number of hydrogen-bond acceptors (Lipinski definition) is 1. The molecular formula is C8H6Cl2S. The zero-order valence-corrected chi connectivity index (χ0v) is 8.22. The molecule has 0 nitrogen and oxygen atoms in total. The normalized spacial score (nSPS) is 9.73. The molecule has 1 aromatic carbocycles. The molecule has 1 rings (SSSR count). The first-order chi connectivity index (χ1) is 5.15. The number of halogens is 2. The maximum Gasteiger partial charge on any atom is 0.0504 e. The highest BCUT2D eigenvalue weighted by atomic mass is 35.5. The van der Waals surface area contributed by atoms with Crippen LogP contribution in [0.25, 0.3) is 0 Å². The standard InChI is InChI=1S/C8H6Cl2S/c1-5-2-7(9)6(4-11)8(10)3-5/h2-4H,1H3. The second-order valence-corrected chi connectivity index (χ2v) is 3.31. The molecule has 0 bridgehead atoms. The van der Waals surface area contributed by atoms with Crippen molar-refractivity contribution in [1.29, 1.82) is 0 Å². The van der Waals surface area contributed by atoms with Gasteiger partial charge in [-0.05, 0) is 24.6 Å². The highest BCUT2D eigenvalue weighted by Crippen LogP contribution is 2.24. The van der Waals surface area contributed by atoms with Gasteiger partial charge in [-0.1, -0.05) is 35.4 Å². The molecule has 0 spiro atoms. The number of thiocarbonyl (C=S) groups is 1. The summed E-state index contributed by atoms with van der Waals surface area (Å²) in [4.78, 5) is 0. The van der Waals surface area contributed by atoms with E-state index in [1.807, 2.05) is 19.1 Å². The largest absolute Gasteiger partial charge is 0.0880 e. The van der Waals surface area contributed by atoms with E-state index in [0.29, 0.717) is 10.0 Å². The number of benzene rings is 1. The summed E-state index contributed by atoms with van der Waals surface area (Å²) in [7, 11) is 0. The predicted molar refractivity (Wildman–Crippen MR) is 54.0 cm³/mol. The lowest BCUT2D eigenvalue weighted by Crippen LogP contribution is -1.84. The Morgan fingerprint density at radius 3 is 2.09 bits per heavy atom. The van der Waals surface area contributed by atoms with Crippen LogP contribution in [0.5, 0.6) is 0 Å². The van der Waals surface area contributed by atoms with E-state index in [9.17, 15) is 0 Å². The summed E-state index contributed by atoms with van der Waals surface area (Å²) in [6.07, 6.45) is 0. The van der Waals surface area contributed by atoms with Crippen molar-refractivity contribution in [3.8, 4) is 0 Å². The second kappa shape index (κ2) is 3.53. The molecule has 0 aliphatic carbocycles. The molecule has 0 aliphatic heterocycles. The molecule has 0 amide bonds. The minimum atomic E-state index is 0.616. The molecule has 0 radical (unpaired) electrons. The van der Waals surface area contributed by atoms with Crippen LogP contribution in [0.2, 0.25) is 10.0 Å². The fourth-order valence-corrected chi connectivity index (χ4v) is 1.91. The van der Waals surface area contributed by atoms with Gasteiger partial charge in [0.25, 0.3) is 0 Å². The molecule has 0 unspecified atom stereocenters. The Bertz CT molecular complexity index is 271. The fourth-order valence-electron chi connectivity index (χ4n) is 0.824. The van der Waals surface area contributed by atoms with E-state index in [4.69, 9.17) is 35.4 Å². The molecule has 58 valence electrons. The molecule has 11 heavy (non-hydrogen) atoms. The predicted octanol–water partition coefficient (Wildman–Crippen LogP) is 3.65. The number of rotatable bonds is 1. The van der Waals surface area contributed by atoms with Crippen LogP contribution in [-0.4, -0.2) is 5.37 Å². The summed E-state index contributed by atoms with van der Waals surface area (Å²) in [5, 5.41) is 2.72. The van der Waals surface area contributed by atoms with Crippen molar-refractivity contribution in [1.82, 2.24) is 0 Å². The van der Waals surface area contributed by atoms with Gasteiger partial charge >= 0.3 is 0 Å². The Hall–Kier alpha value is -0.110. The van der Waals surface area contributed by atoms with Crippen molar-refractivity contribution in [2.75, 3.05) is 0 Å². The van der Waals surface area contributed by atoms with E-state index in [1.54, 1.807) is 0 Å². The van der Waals surface area contributed by atoms with Crippen molar-refractivity contribution >= 4 is 40.8 Å². The Morgan fingerprint density at radius 2 is 1.73 bits per heavy atom. The summed E-state index contributed by atoms with van der Waals surface area (Å²) >= 11 is 16.4. The van der Waals surface area contributed by atoms with Crippen molar-refractivity contribution < 1.29 is 0 Å². The van der Waals surface area contributed by atoms with E-state index in [0.717, 1.165) is 11.1 Å². The lowest BCUT2D eigenvalue weighted by atomic mass is 10.2. The van der Waals surface area contributed by atoms with Crippen LogP contribution in [0.4, 0.5) is 0 Å². The molecule has 0 aromatic heterocycles. The van der Waals surface area contributed by atoms with E-state index in [-0.39, 0.29) is 0 Å². The van der Waals surface area contributed by atoms with Crippen LogP contribution in [0.15, 0.2) is 12.1 Å². The summed E-state index contributed by atoms with van der Waals surface area (Å²) < 4.78 is 0. The zero-order valence-electron chi connectivity index (χ0n) is 5.90. The first-order valence-electron chi connectivity index (χ1n) is 3.06. The van der Waals surface area contributed by atoms with Gasteiger partial charge in [-0.3, -0.25) is 0 Å². The lowest BCUT2D eigenvalue weighted by Gasteiger charge is -2.01. The fraction of sp³-hybridized carbons (Fsp3) is 0.125. The monoisotopic (exact) mass is 204 g/mol. The van der Waals surface area contributed by atoms with Gasteiger partial charge in [0.1, 0.15) is 0 Å². The first kappa shape index (κ1) is 8.98. The maximum absolute atomic E-state index is 5.85. The zero-order chi connectivity index (χ0) is 8.43. The van der Waals surface area contributed by atoms with Crippen LogP contribution < -0.4 is 0 Å². The van der Waals surface area contributed by atoms with E-state index in [1.165, 1.54) is 5.37 Å². The smallest absolute Gasteiger partial charge is 0.0504 e. The third-order valence-corrected chi connectivity index (χ3v) is 2.20. The summed E-state index contributed by atoms with van der Waals surface area (Å²) in [6.45, 7) is 1.94. The Labute approximate surface area is 81.1 Å². The molecule has 0 atom stereocenters. The quantitative estimate of drug-likeness (QED) is 0.630. The average Bonchev–Trinajstić information content (AvgIpc) is 1.85. The van der Waals surface area contributed by atoms with Gasteiger partial charge in [0.05, 0.1) is 10.0 Å². The third-order valence-electron chi connectivity index (χ3n) is 1.34. The number of hydrogen-bond donors (Lipinski definition) is 0. The van der Waals surface area contributed by atoms with Gasteiger partial charge in [0.2, 0.25) is 0 Å². The van der Waals surface area contributed by atoms with Crippen molar-refractivity contribution in [3.05, 3.63) is 33.3 Å². The molecule has 0 N–H and O–H groups in total. The number of aryl methyl sites for hydroxylation is 1. The van der Waals surface area contributed by atoms with Gasteiger partial charge in [0.15, 0.2) is 0 Å². The van der Waals surface area contributed by atoms with Gasteiger partial charge in [-0.2, -0.15) is 0 Å². The van der Waals surface area contributed by atoms with Crippen molar-refractivity contribution in [2.45, 2.75) is 6.92 Å². The molecular weight excluding hydrogens is 199 g/mol. The lowest BCUT2D eigenvalue weighted by molar-refractivity contribution is 1.47. The first-order valence-corrected chi connectivity index (χ1v) is 4.28. The van der Waals surface area contributed by atoms with Gasteiger partial charge in [-0.15, -0.1) is 0 Å². The van der Waals surface area contributed by atoms with E-state index in [2.05, 4.69) is 0 Å². The molecule has 0 fully saturated rings. The summed E-state index contributed by atoms with van der Waals surface area (Å²) in [5.74, 6) is 0. The molecule has 0 saturated carbocycles. The summed E-state index contributed by atoms with van der Waals surface area (Å²) in [5.41, 5.74) is 1.77. The molecule has 3 heteroatoms. The molecule has 0 heterocycles. The molecule has 1 aromatic rings. The van der Waals surface area contributed by atoms with Crippen LogP contribution in [0, 0.1) is 6.92 Å². The minimum absolute atomic E-state index is 0.616. The molecule has 0 saturated heterocycles. The van der Waals surface area contributed by atoms with Crippen molar-refractivity contribution in [3.63, 3.8) is 0 Å². The average molecular weight is 205 g/mol.